The molecule has 3 nitrogen and oxygen atoms in total. The normalized spacial score (nSPS) is 9.94. The molecule has 0 fully saturated rings. The van der Waals surface area contributed by atoms with Crippen LogP contribution in [0.15, 0.2) is 42.6 Å². The summed E-state index contributed by atoms with van der Waals surface area (Å²) in [6.07, 6.45) is 3.07. The van der Waals surface area contributed by atoms with Crippen LogP contribution in [0.4, 0.5) is 0 Å². The molecule has 0 aliphatic rings. The van der Waals surface area contributed by atoms with Crippen molar-refractivity contribution in [2.24, 2.45) is 0 Å². The van der Waals surface area contributed by atoms with Crippen molar-refractivity contribution in [2.45, 2.75) is 6.42 Å². The van der Waals surface area contributed by atoms with Crippen LogP contribution in [0.1, 0.15) is 21.6 Å². The molecule has 0 saturated heterocycles. The molecule has 0 unspecified atom stereocenters. The van der Waals surface area contributed by atoms with Gasteiger partial charge in [-0.15, -0.1) is 0 Å². The lowest BCUT2D eigenvalue weighted by atomic mass is 10.1. The van der Waals surface area contributed by atoms with E-state index in [4.69, 9.17) is 4.74 Å². The first kappa shape index (κ1) is 11.3. The summed E-state index contributed by atoms with van der Waals surface area (Å²) in [4.78, 5) is 14.7. The van der Waals surface area contributed by atoms with Gasteiger partial charge in [-0.2, -0.15) is 0 Å². The van der Waals surface area contributed by atoms with Crippen LogP contribution in [-0.2, 0) is 6.42 Å². The van der Waals surface area contributed by atoms with Crippen molar-refractivity contribution in [2.75, 3.05) is 7.11 Å². The number of rotatable bonds is 4. The van der Waals surface area contributed by atoms with Gasteiger partial charge in [-0.1, -0.05) is 18.2 Å². The molecule has 3 heteroatoms. The van der Waals surface area contributed by atoms with Crippen molar-refractivity contribution >= 4 is 6.29 Å². The fourth-order valence-electron chi connectivity index (χ4n) is 1.65. The number of aromatic nitrogens is 1. The molecule has 0 aliphatic heterocycles. The second-order valence-electron chi connectivity index (χ2n) is 3.69. The van der Waals surface area contributed by atoms with E-state index in [1.807, 2.05) is 30.3 Å². The van der Waals surface area contributed by atoms with Crippen LogP contribution in [0.5, 0.6) is 5.75 Å². The summed E-state index contributed by atoms with van der Waals surface area (Å²) in [5.41, 5.74) is 2.59. The highest BCUT2D eigenvalue weighted by Crippen LogP contribution is 2.19. The molecule has 0 N–H and O–H groups in total. The van der Waals surface area contributed by atoms with Crippen molar-refractivity contribution in [3.8, 4) is 5.75 Å². The van der Waals surface area contributed by atoms with E-state index in [1.54, 1.807) is 19.4 Å². The molecule has 0 bridgehead atoms. The van der Waals surface area contributed by atoms with Crippen molar-refractivity contribution in [3.05, 3.63) is 59.4 Å². The van der Waals surface area contributed by atoms with Gasteiger partial charge in [0.2, 0.25) is 0 Å². The van der Waals surface area contributed by atoms with E-state index in [9.17, 15) is 4.79 Å². The third kappa shape index (κ3) is 2.69. The summed E-state index contributed by atoms with van der Waals surface area (Å²) < 4.78 is 5.28. The number of methoxy groups -OCH3 is 1. The average Bonchev–Trinajstić information content (AvgIpc) is 2.40. The first-order valence-electron chi connectivity index (χ1n) is 5.35. The molecule has 0 radical (unpaired) electrons. The maximum absolute atomic E-state index is 10.5. The lowest BCUT2D eigenvalue weighted by Crippen LogP contribution is -1.96. The van der Waals surface area contributed by atoms with Gasteiger partial charge in [0.1, 0.15) is 5.75 Å². The van der Waals surface area contributed by atoms with Gasteiger partial charge in [-0.05, 0) is 18.2 Å². The minimum Gasteiger partial charge on any atom is -0.496 e. The first-order valence-corrected chi connectivity index (χ1v) is 5.35. The number of nitrogens with zero attached hydrogens (tertiary/aromatic N) is 1. The van der Waals surface area contributed by atoms with Crippen LogP contribution >= 0.6 is 0 Å². The van der Waals surface area contributed by atoms with E-state index in [2.05, 4.69) is 4.98 Å². The molecule has 0 saturated carbocycles. The molecule has 2 rings (SSSR count). The van der Waals surface area contributed by atoms with E-state index in [0.29, 0.717) is 12.0 Å². The van der Waals surface area contributed by atoms with Crippen LogP contribution in [0.3, 0.4) is 0 Å². The summed E-state index contributed by atoms with van der Waals surface area (Å²) in [6, 6.07) is 11.5. The molecular weight excluding hydrogens is 214 g/mol. The molecule has 1 heterocycles. The minimum atomic E-state index is 0.591. The molecule has 2 aromatic rings. The Balaban J connectivity index is 2.21. The van der Waals surface area contributed by atoms with Crippen LogP contribution in [0.2, 0.25) is 0 Å². The number of carbonyl (C=O) groups excluding carboxylic acids is 1. The molecule has 86 valence electrons. The summed E-state index contributed by atoms with van der Waals surface area (Å²) in [6.45, 7) is 0. The van der Waals surface area contributed by atoms with Gasteiger partial charge in [0.25, 0.3) is 0 Å². The predicted molar refractivity (Wildman–Crippen MR) is 65.4 cm³/mol. The standard InChI is InChI=1S/C14H13NO2/c1-17-14-5-3-2-4-12(14)8-13-7-6-11(10-16)9-15-13/h2-7,9-10H,8H2,1H3. The zero-order valence-electron chi connectivity index (χ0n) is 9.59. The van der Waals surface area contributed by atoms with Crippen LogP contribution in [0, 0.1) is 0 Å². The van der Waals surface area contributed by atoms with Gasteiger partial charge in [-0.25, -0.2) is 0 Å². The Kier molecular flexibility index (Phi) is 3.50. The van der Waals surface area contributed by atoms with E-state index in [1.165, 1.54) is 0 Å². The monoisotopic (exact) mass is 227 g/mol. The van der Waals surface area contributed by atoms with E-state index >= 15 is 0 Å². The van der Waals surface area contributed by atoms with E-state index in [0.717, 1.165) is 23.3 Å². The highest BCUT2D eigenvalue weighted by atomic mass is 16.5. The molecule has 1 aromatic carbocycles. The second kappa shape index (κ2) is 5.25. The minimum absolute atomic E-state index is 0.591. The Bertz CT molecular complexity index is 506. The van der Waals surface area contributed by atoms with Gasteiger partial charge >= 0.3 is 0 Å². The van der Waals surface area contributed by atoms with Gasteiger partial charge in [0, 0.05) is 29.4 Å². The molecule has 0 atom stereocenters. The molecule has 1 aromatic heterocycles. The van der Waals surface area contributed by atoms with Crippen LogP contribution in [-0.4, -0.2) is 18.4 Å². The van der Waals surface area contributed by atoms with Crippen molar-refractivity contribution < 1.29 is 9.53 Å². The molecule has 0 amide bonds. The maximum atomic E-state index is 10.5. The number of benzene rings is 1. The number of carbonyl (C=O) groups is 1. The van der Waals surface area contributed by atoms with Crippen molar-refractivity contribution in [3.63, 3.8) is 0 Å². The molecule has 0 spiro atoms. The Morgan fingerprint density at radius 3 is 2.71 bits per heavy atom. The number of para-hydroxylation sites is 1. The highest BCUT2D eigenvalue weighted by Gasteiger charge is 2.03. The Morgan fingerprint density at radius 2 is 2.06 bits per heavy atom. The maximum Gasteiger partial charge on any atom is 0.151 e. The Hall–Kier alpha value is -2.16. The lowest BCUT2D eigenvalue weighted by Gasteiger charge is -2.07. The zero-order valence-corrected chi connectivity index (χ0v) is 9.59. The molecule has 0 aliphatic carbocycles. The quantitative estimate of drug-likeness (QED) is 0.753. The van der Waals surface area contributed by atoms with Crippen molar-refractivity contribution in [1.29, 1.82) is 0 Å². The summed E-state index contributed by atoms with van der Waals surface area (Å²) in [5.74, 6) is 0.855. The third-order valence-electron chi connectivity index (χ3n) is 2.55. The summed E-state index contributed by atoms with van der Waals surface area (Å²) in [5, 5.41) is 0. The third-order valence-corrected chi connectivity index (χ3v) is 2.55. The Labute approximate surface area is 100 Å². The second-order valence-corrected chi connectivity index (χ2v) is 3.69. The zero-order chi connectivity index (χ0) is 12.1. The first-order chi connectivity index (χ1) is 8.33. The summed E-state index contributed by atoms with van der Waals surface area (Å²) in [7, 11) is 1.65. The van der Waals surface area contributed by atoms with Gasteiger partial charge in [0.15, 0.2) is 6.29 Å². The van der Waals surface area contributed by atoms with Crippen LogP contribution < -0.4 is 4.74 Å². The largest absolute Gasteiger partial charge is 0.496 e. The number of hydrogen-bond acceptors (Lipinski definition) is 3. The predicted octanol–water partition coefficient (Wildman–Crippen LogP) is 2.49. The number of pyridine rings is 1. The SMILES string of the molecule is COc1ccccc1Cc1ccc(C=O)cn1. The van der Waals surface area contributed by atoms with Crippen LogP contribution in [0.25, 0.3) is 0 Å². The van der Waals surface area contributed by atoms with Gasteiger partial charge < -0.3 is 4.74 Å². The van der Waals surface area contributed by atoms with Gasteiger partial charge in [0.05, 0.1) is 7.11 Å². The summed E-state index contributed by atoms with van der Waals surface area (Å²) >= 11 is 0. The topological polar surface area (TPSA) is 39.2 Å². The van der Waals surface area contributed by atoms with E-state index < -0.39 is 0 Å². The number of ether oxygens (including phenoxy) is 1. The van der Waals surface area contributed by atoms with Gasteiger partial charge in [-0.3, -0.25) is 9.78 Å². The molecular formula is C14H13NO2. The highest BCUT2D eigenvalue weighted by molar-refractivity contribution is 5.73. The fraction of sp³-hybridized carbons (Fsp3) is 0.143. The van der Waals surface area contributed by atoms with E-state index in [-0.39, 0.29) is 0 Å². The Morgan fingerprint density at radius 1 is 1.24 bits per heavy atom. The average molecular weight is 227 g/mol. The smallest absolute Gasteiger partial charge is 0.151 e. The number of hydrogen-bond donors (Lipinski definition) is 0. The fourth-order valence-corrected chi connectivity index (χ4v) is 1.65. The molecule has 17 heavy (non-hydrogen) atoms. The number of aldehydes is 1. The lowest BCUT2D eigenvalue weighted by molar-refractivity contribution is 0.112. The van der Waals surface area contributed by atoms with Crippen molar-refractivity contribution in [1.82, 2.24) is 4.98 Å².